The molecule has 0 saturated heterocycles. The van der Waals surface area contributed by atoms with Gasteiger partial charge in [-0.1, -0.05) is 25.1 Å². The van der Waals surface area contributed by atoms with E-state index in [1.807, 2.05) is 25.1 Å². The first kappa shape index (κ1) is 15.7. The Kier molecular flexibility index (Phi) is 3.73. The molecule has 25 heavy (non-hydrogen) atoms. The average Bonchev–Trinajstić information content (AvgIpc) is 2.98. The van der Waals surface area contributed by atoms with Crippen LogP contribution in [0, 0.1) is 0 Å². The number of hydrogen-bond donors (Lipinski definition) is 4. The molecule has 4 rings (SSSR count). The monoisotopic (exact) mass is 340 g/mol. The molecule has 3 heterocycles. The van der Waals surface area contributed by atoms with Gasteiger partial charge in [0.25, 0.3) is 5.56 Å². The van der Waals surface area contributed by atoms with Gasteiger partial charge in [-0.3, -0.25) is 14.3 Å². The summed E-state index contributed by atoms with van der Waals surface area (Å²) < 4.78 is 1.22. The highest BCUT2D eigenvalue weighted by molar-refractivity contribution is 5.85. The molecule has 130 valence electrons. The van der Waals surface area contributed by atoms with Crippen LogP contribution < -0.4 is 16.6 Å². The molecule has 4 N–H and O–H groups in total. The first-order valence-electron chi connectivity index (χ1n) is 8.50. The number of benzene rings is 1. The average molecular weight is 340 g/mol. The first-order valence-corrected chi connectivity index (χ1v) is 8.50. The minimum atomic E-state index is -0.583. The zero-order chi connectivity index (χ0) is 17.6. The van der Waals surface area contributed by atoms with E-state index >= 15 is 0 Å². The predicted molar refractivity (Wildman–Crippen MR) is 95.1 cm³/mol. The van der Waals surface area contributed by atoms with Crippen molar-refractivity contribution in [2.75, 3.05) is 6.54 Å². The third-order valence-electron chi connectivity index (χ3n) is 4.80. The Bertz CT molecular complexity index is 1060. The molecular weight excluding hydrogens is 320 g/mol. The summed E-state index contributed by atoms with van der Waals surface area (Å²) in [7, 11) is 0. The lowest BCUT2D eigenvalue weighted by atomic mass is 9.95. The van der Waals surface area contributed by atoms with E-state index in [1.54, 1.807) is 0 Å². The van der Waals surface area contributed by atoms with Gasteiger partial charge in [-0.2, -0.15) is 0 Å². The van der Waals surface area contributed by atoms with E-state index in [-0.39, 0.29) is 11.4 Å². The number of aromatic hydroxyl groups is 1. The molecule has 0 unspecified atom stereocenters. The van der Waals surface area contributed by atoms with Crippen molar-refractivity contribution < 1.29 is 5.11 Å². The summed E-state index contributed by atoms with van der Waals surface area (Å²) in [6, 6.07) is 7.50. The van der Waals surface area contributed by atoms with Crippen molar-refractivity contribution in [1.29, 1.82) is 0 Å². The van der Waals surface area contributed by atoms with E-state index in [4.69, 9.17) is 0 Å². The maximum atomic E-state index is 12.5. The highest BCUT2D eigenvalue weighted by atomic mass is 16.3. The maximum absolute atomic E-state index is 12.5. The van der Waals surface area contributed by atoms with Crippen molar-refractivity contribution in [3.05, 3.63) is 61.9 Å². The van der Waals surface area contributed by atoms with E-state index in [1.165, 1.54) is 4.57 Å². The lowest BCUT2D eigenvalue weighted by molar-refractivity contribution is 0.381. The smallest absolute Gasteiger partial charge is 0.331 e. The summed E-state index contributed by atoms with van der Waals surface area (Å²) >= 11 is 0. The molecule has 1 aromatic carbocycles. The van der Waals surface area contributed by atoms with Gasteiger partial charge >= 0.3 is 5.69 Å². The summed E-state index contributed by atoms with van der Waals surface area (Å²) in [5, 5.41) is 15.0. The van der Waals surface area contributed by atoms with Crippen LogP contribution in [-0.2, 0) is 13.0 Å². The Balaban J connectivity index is 1.95. The summed E-state index contributed by atoms with van der Waals surface area (Å²) in [5.74, 6) is -0.264. The quantitative estimate of drug-likeness (QED) is 0.578. The molecule has 7 heteroatoms. The van der Waals surface area contributed by atoms with Crippen molar-refractivity contribution in [1.82, 2.24) is 19.9 Å². The van der Waals surface area contributed by atoms with Crippen LogP contribution in [0.4, 0.5) is 0 Å². The van der Waals surface area contributed by atoms with Gasteiger partial charge in [-0.05, 0) is 24.5 Å². The van der Waals surface area contributed by atoms with Gasteiger partial charge in [0.2, 0.25) is 5.88 Å². The van der Waals surface area contributed by atoms with E-state index in [9.17, 15) is 14.7 Å². The molecule has 3 aromatic rings. The molecule has 0 amide bonds. The Hall–Kier alpha value is -2.80. The normalized spacial score (nSPS) is 16.9. The van der Waals surface area contributed by atoms with Crippen molar-refractivity contribution in [3.63, 3.8) is 0 Å². The van der Waals surface area contributed by atoms with Crippen molar-refractivity contribution >= 4 is 10.9 Å². The third-order valence-corrected chi connectivity index (χ3v) is 4.80. The molecular formula is C18H20N4O3. The Labute approximate surface area is 143 Å². The molecule has 0 aliphatic carbocycles. The van der Waals surface area contributed by atoms with Crippen LogP contribution in [0.25, 0.3) is 10.9 Å². The minimum Gasteiger partial charge on any atom is -0.494 e. The minimum absolute atomic E-state index is 0.181. The van der Waals surface area contributed by atoms with Gasteiger partial charge in [0.15, 0.2) is 0 Å². The standard InChI is InChI=1S/C18H20N4O3/c1-2-9-22-17(24)13(16(23)21-18(22)25)15-14-11(7-8-19-15)10-5-3-4-6-12(10)20-14/h3-6,15,19-20,24H,2,7-9H2,1H3,(H,21,23,25)/t15-/m1/s1. The van der Waals surface area contributed by atoms with Crippen LogP contribution in [0.3, 0.4) is 0 Å². The van der Waals surface area contributed by atoms with Gasteiger partial charge in [0.1, 0.15) is 5.56 Å². The zero-order valence-electron chi connectivity index (χ0n) is 13.9. The summed E-state index contributed by atoms with van der Waals surface area (Å²) in [6.45, 7) is 2.94. The van der Waals surface area contributed by atoms with Crippen LogP contribution in [0.15, 0.2) is 33.9 Å². The Morgan fingerprint density at radius 2 is 2.04 bits per heavy atom. The number of H-pyrrole nitrogens is 2. The van der Waals surface area contributed by atoms with Crippen LogP contribution in [0.2, 0.25) is 0 Å². The summed E-state index contributed by atoms with van der Waals surface area (Å²) in [6.07, 6.45) is 1.51. The second-order valence-corrected chi connectivity index (χ2v) is 6.35. The highest BCUT2D eigenvalue weighted by Gasteiger charge is 2.30. The van der Waals surface area contributed by atoms with Crippen LogP contribution in [0.5, 0.6) is 5.88 Å². The SMILES string of the molecule is CCCn1c(O)c([C@H]2NCCc3c2[nH]c2ccccc32)c(=O)[nH]c1=O. The molecule has 0 radical (unpaired) electrons. The highest BCUT2D eigenvalue weighted by Crippen LogP contribution is 2.34. The molecule has 7 nitrogen and oxygen atoms in total. The zero-order valence-corrected chi connectivity index (χ0v) is 13.9. The van der Waals surface area contributed by atoms with E-state index in [2.05, 4.69) is 21.4 Å². The van der Waals surface area contributed by atoms with Crippen molar-refractivity contribution in [2.24, 2.45) is 0 Å². The summed E-state index contributed by atoms with van der Waals surface area (Å²) in [5.41, 5.74) is 2.06. The fourth-order valence-corrected chi connectivity index (χ4v) is 3.69. The Morgan fingerprint density at radius 3 is 2.84 bits per heavy atom. The molecule has 1 aliphatic rings. The Morgan fingerprint density at radius 1 is 1.24 bits per heavy atom. The molecule has 0 spiro atoms. The second kappa shape index (κ2) is 5.93. The summed E-state index contributed by atoms with van der Waals surface area (Å²) in [4.78, 5) is 30.2. The largest absolute Gasteiger partial charge is 0.494 e. The lowest BCUT2D eigenvalue weighted by Crippen LogP contribution is -2.39. The molecule has 1 aliphatic heterocycles. The number of fused-ring (bicyclic) bond motifs is 3. The van der Waals surface area contributed by atoms with Crippen LogP contribution in [-0.4, -0.2) is 26.2 Å². The van der Waals surface area contributed by atoms with Crippen molar-refractivity contribution in [3.8, 4) is 5.88 Å². The van der Waals surface area contributed by atoms with E-state index in [0.29, 0.717) is 19.5 Å². The number of nitrogens with zero attached hydrogens (tertiary/aromatic N) is 1. The number of hydrogen-bond acceptors (Lipinski definition) is 4. The van der Waals surface area contributed by atoms with E-state index < -0.39 is 17.3 Å². The first-order chi connectivity index (χ1) is 12.1. The maximum Gasteiger partial charge on any atom is 0.331 e. The number of aromatic amines is 2. The molecule has 0 bridgehead atoms. The molecule has 0 fully saturated rings. The van der Waals surface area contributed by atoms with Gasteiger partial charge in [-0.25, -0.2) is 4.79 Å². The van der Waals surface area contributed by atoms with Crippen LogP contribution in [0.1, 0.15) is 36.2 Å². The number of rotatable bonds is 3. The molecule has 0 saturated carbocycles. The number of aromatic nitrogens is 3. The number of nitrogens with one attached hydrogen (secondary N) is 3. The van der Waals surface area contributed by atoms with Crippen molar-refractivity contribution in [2.45, 2.75) is 32.4 Å². The number of para-hydroxylation sites is 1. The fraction of sp³-hybridized carbons (Fsp3) is 0.333. The van der Waals surface area contributed by atoms with Gasteiger partial charge in [-0.15, -0.1) is 0 Å². The fourth-order valence-electron chi connectivity index (χ4n) is 3.69. The second-order valence-electron chi connectivity index (χ2n) is 6.35. The van der Waals surface area contributed by atoms with Gasteiger partial charge in [0, 0.05) is 29.7 Å². The lowest BCUT2D eigenvalue weighted by Gasteiger charge is -2.25. The van der Waals surface area contributed by atoms with E-state index in [0.717, 1.165) is 28.6 Å². The van der Waals surface area contributed by atoms with Gasteiger partial charge in [0.05, 0.1) is 6.04 Å². The van der Waals surface area contributed by atoms with Crippen LogP contribution >= 0.6 is 0 Å². The van der Waals surface area contributed by atoms with Gasteiger partial charge < -0.3 is 15.4 Å². The predicted octanol–water partition coefficient (Wildman–Crippen LogP) is 1.37. The molecule has 2 aromatic heterocycles. The third kappa shape index (κ3) is 2.39. The topological polar surface area (TPSA) is 103 Å². The molecule has 1 atom stereocenters.